The Kier molecular flexibility index (Phi) is 13.0. The summed E-state index contributed by atoms with van der Waals surface area (Å²) in [7, 11) is 0. The molecule has 1 radical (unpaired) electrons. The van der Waals surface area contributed by atoms with Crippen LogP contribution in [0.5, 0.6) is 5.75 Å². The molecule has 0 aromatic heterocycles. The van der Waals surface area contributed by atoms with Gasteiger partial charge in [0.1, 0.15) is 11.5 Å². The average Bonchev–Trinajstić information content (AvgIpc) is 3.23. The smallest absolute Gasteiger partial charge is 0.343 e. The zero-order valence-corrected chi connectivity index (χ0v) is 29.7. The Balaban J connectivity index is 1.38. The minimum Gasteiger partial charge on any atom is -0.494 e. The monoisotopic (exact) mass is 630 g/mol. The van der Waals surface area contributed by atoms with Crippen molar-refractivity contribution in [2.45, 2.75) is 155 Å². The first-order valence-corrected chi connectivity index (χ1v) is 18.3. The van der Waals surface area contributed by atoms with Crippen molar-refractivity contribution in [1.82, 2.24) is 5.06 Å². The van der Waals surface area contributed by atoms with Crippen molar-refractivity contribution in [2.75, 3.05) is 6.61 Å². The molecule has 2 aromatic carbocycles. The van der Waals surface area contributed by atoms with E-state index in [0.29, 0.717) is 24.2 Å². The van der Waals surface area contributed by atoms with E-state index in [1.165, 1.54) is 69.3 Å². The van der Waals surface area contributed by atoms with Crippen LogP contribution in [-0.2, 0) is 9.94 Å². The molecule has 5 heteroatoms. The van der Waals surface area contributed by atoms with E-state index >= 15 is 0 Å². The van der Waals surface area contributed by atoms with Crippen molar-refractivity contribution in [3.63, 3.8) is 0 Å². The SMILES string of the molecule is CCCCCCCCOc1ccc(-c2ccc(C(=O)OC3=C4CC(C)(CCCCCCCC)N([O])C4(C)CC(C)(C)C3)cc2)cc1. The normalized spacial score (nSPS) is 22.6. The summed E-state index contributed by atoms with van der Waals surface area (Å²) in [4.78, 5) is 13.5. The summed E-state index contributed by atoms with van der Waals surface area (Å²) in [6, 6.07) is 15.8. The van der Waals surface area contributed by atoms with E-state index in [0.717, 1.165) is 54.7 Å². The fourth-order valence-electron chi connectivity index (χ4n) is 7.83. The molecular formula is C41H60NO4. The van der Waals surface area contributed by atoms with Gasteiger partial charge in [0, 0.05) is 6.42 Å². The van der Waals surface area contributed by atoms with E-state index < -0.39 is 11.1 Å². The number of benzene rings is 2. The van der Waals surface area contributed by atoms with Crippen LogP contribution >= 0.6 is 0 Å². The van der Waals surface area contributed by atoms with Crippen molar-refractivity contribution in [1.29, 1.82) is 0 Å². The topological polar surface area (TPSA) is 58.7 Å². The largest absolute Gasteiger partial charge is 0.494 e. The Morgan fingerprint density at radius 2 is 1.26 bits per heavy atom. The number of carbonyl (C=O) groups excluding carboxylic acids is 1. The number of hydroxylamine groups is 2. The van der Waals surface area contributed by atoms with Gasteiger partial charge in [-0.2, -0.15) is 0 Å². The molecule has 0 bridgehead atoms. The van der Waals surface area contributed by atoms with E-state index in [1.54, 1.807) is 0 Å². The van der Waals surface area contributed by atoms with Crippen molar-refractivity contribution in [2.24, 2.45) is 5.41 Å². The molecule has 2 aliphatic rings. The molecule has 1 saturated heterocycles. The van der Waals surface area contributed by atoms with Crippen LogP contribution < -0.4 is 4.74 Å². The van der Waals surface area contributed by atoms with E-state index in [2.05, 4.69) is 53.7 Å². The first-order chi connectivity index (χ1) is 22.0. The number of rotatable bonds is 18. The van der Waals surface area contributed by atoms with Crippen molar-refractivity contribution >= 4 is 5.97 Å². The zero-order chi connectivity index (χ0) is 33.2. The van der Waals surface area contributed by atoms with Gasteiger partial charge in [-0.3, -0.25) is 0 Å². The number of fused-ring (bicyclic) bond motifs is 1. The molecule has 2 unspecified atom stereocenters. The molecule has 1 aliphatic heterocycles. The van der Waals surface area contributed by atoms with Crippen LogP contribution in [0.3, 0.4) is 0 Å². The van der Waals surface area contributed by atoms with Crippen LogP contribution in [-0.4, -0.2) is 28.7 Å². The maximum absolute atomic E-state index is 14.0. The summed E-state index contributed by atoms with van der Waals surface area (Å²) in [6.07, 6.45) is 17.7. The summed E-state index contributed by atoms with van der Waals surface area (Å²) in [5.41, 5.74) is 2.40. The Hall–Kier alpha value is -2.63. The van der Waals surface area contributed by atoms with Gasteiger partial charge in [-0.1, -0.05) is 123 Å². The second-order valence-corrected chi connectivity index (χ2v) is 15.3. The molecular weight excluding hydrogens is 570 g/mol. The lowest BCUT2D eigenvalue weighted by Gasteiger charge is -2.44. The highest BCUT2D eigenvalue weighted by Gasteiger charge is 2.59. The molecule has 0 spiro atoms. The number of allylic oxidation sites excluding steroid dienone is 1. The number of unbranched alkanes of at least 4 members (excludes halogenated alkanes) is 10. The molecule has 1 fully saturated rings. The first-order valence-electron chi connectivity index (χ1n) is 18.3. The van der Waals surface area contributed by atoms with Crippen molar-refractivity contribution < 1.29 is 19.5 Å². The van der Waals surface area contributed by atoms with Crippen LogP contribution in [0.1, 0.15) is 155 Å². The van der Waals surface area contributed by atoms with Crippen LogP contribution in [0, 0.1) is 5.41 Å². The molecule has 4 rings (SSSR count). The van der Waals surface area contributed by atoms with Crippen molar-refractivity contribution in [3.05, 3.63) is 65.4 Å². The van der Waals surface area contributed by atoms with Gasteiger partial charge in [0.2, 0.25) is 0 Å². The Morgan fingerprint density at radius 1 is 0.717 bits per heavy atom. The van der Waals surface area contributed by atoms with Gasteiger partial charge in [-0.25, -0.2) is 4.79 Å². The number of ether oxygens (including phenoxy) is 2. The molecule has 0 saturated carbocycles. The van der Waals surface area contributed by atoms with Gasteiger partial charge in [-0.05, 0) is 85.9 Å². The van der Waals surface area contributed by atoms with Gasteiger partial charge in [0.15, 0.2) is 0 Å². The fourth-order valence-corrected chi connectivity index (χ4v) is 7.83. The zero-order valence-electron chi connectivity index (χ0n) is 29.7. The van der Waals surface area contributed by atoms with E-state index in [9.17, 15) is 10.0 Å². The van der Waals surface area contributed by atoms with Gasteiger partial charge in [0.05, 0.1) is 23.2 Å². The molecule has 2 atom stereocenters. The number of hydrogen-bond acceptors (Lipinski definition) is 4. The quantitative estimate of drug-likeness (QED) is 0.121. The van der Waals surface area contributed by atoms with Gasteiger partial charge >= 0.3 is 5.97 Å². The van der Waals surface area contributed by atoms with Gasteiger partial charge in [0.25, 0.3) is 0 Å². The maximum Gasteiger partial charge on any atom is 0.343 e. The second-order valence-electron chi connectivity index (χ2n) is 15.3. The lowest BCUT2D eigenvalue weighted by Crippen LogP contribution is -2.51. The Morgan fingerprint density at radius 3 is 1.87 bits per heavy atom. The molecule has 1 heterocycles. The highest BCUT2D eigenvalue weighted by atomic mass is 16.5. The Labute approximate surface area is 279 Å². The fraction of sp³-hybridized carbons (Fsp3) is 0.634. The number of carbonyl (C=O) groups is 1. The van der Waals surface area contributed by atoms with Crippen LogP contribution in [0.2, 0.25) is 0 Å². The molecule has 5 nitrogen and oxygen atoms in total. The highest BCUT2D eigenvalue weighted by molar-refractivity contribution is 5.91. The Bertz CT molecular complexity index is 1280. The molecule has 1 aliphatic carbocycles. The summed E-state index contributed by atoms with van der Waals surface area (Å²) >= 11 is 0. The highest BCUT2D eigenvalue weighted by Crippen LogP contribution is 2.56. The van der Waals surface area contributed by atoms with E-state index in [-0.39, 0.29) is 11.4 Å². The third-order valence-corrected chi connectivity index (χ3v) is 10.3. The van der Waals surface area contributed by atoms with E-state index in [1.807, 2.05) is 36.4 Å². The lowest BCUT2D eigenvalue weighted by molar-refractivity contribution is -0.257. The third kappa shape index (κ3) is 9.25. The van der Waals surface area contributed by atoms with Gasteiger partial charge in [-0.15, -0.1) is 10.3 Å². The molecule has 2 aromatic rings. The van der Waals surface area contributed by atoms with E-state index in [4.69, 9.17) is 9.47 Å². The standard InChI is InChI=1S/C41H60NO4/c1-7-9-11-13-15-17-27-40(5)29-36-37(30-39(3,4)31-41(36,6)42(40)44)46-38(43)34-21-19-32(20-22-34)33-23-25-35(26-24-33)45-28-18-16-14-12-10-8-2/h19-26H,7-18,27-31H2,1-6H3. The third-order valence-electron chi connectivity index (χ3n) is 10.3. The molecule has 0 amide bonds. The lowest BCUT2D eigenvalue weighted by atomic mass is 9.68. The minimum absolute atomic E-state index is 0.143. The molecule has 46 heavy (non-hydrogen) atoms. The van der Waals surface area contributed by atoms with Crippen molar-refractivity contribution in [3.8, 4) is 16.9 Å². The van der Waals surface area contributed by atoms with Crippen LogP contribution in [0.4, 0.5) is 0 Å². The summed E-state index contributed by atoms with van der Waals surface area (Å²) in [5, 5.41) is 15.3. The van der Waals surface area contributed by atoms with Gasteiger partial charge < -0.3 is 9.47 Å². The molecule has 253 valence electrons. The minimum atomic E-state index is -0.650. The number of nitrogens with zero attached hydrogens (tertiary/aromatic N) is 1. The predicted molar refractivity (Wildman–Crippen MR) is 188 cm³/mol. The maximum atomic E-state index is 14.0. The predicted octanol–water partition coefficient (Wildman–Crippen LogP) is 11.6. The first kappa shape index (κ1) is 36.2. The summed E-state index contributed by atoms with van der Waals surface area (Å²) in [5.74, 6) is 1.24. The molecule has 0 N–H and O–H groups in total. The number of hydrogen-bond donors (Lipinski definition) is 0. The number of esters is 1. The second kappa shape index (κ2) is 16.5. The summed E-state index contributed by atoms with van der Waals surface area (Å²) in [6.45, 7) is 13.8. The average molecular weight is 631 g/mol. The van der Waals surface area contributed by atoms with Crippen LogP contribution in [0.15, 0.2) is 59.9 Å². The summed E-state index contributed by atoms with van der Waals surface area (Å²) < 4.78 is 12.1. The van der Waals surface area contributed by atoms with Crippen LogP contribution in [0.25, 0.3) is 11.1 Å².